The number of phenolic OH excluding ortho intramolecular Hbond substituents is 2. The van der Waals surface area contributed by atoms with Gasteiger partial charge in [-0.15, -0.1) is 0 Å². The van der Waals surface area contributed by atoms with Crippen LogP contribution < -0.4 is 5.32 Å². The van der Waals surface area contributed by atoms with E-state index in [2.05, 4.69) is 5.32 Å². The molecule has 0 aliphatic carbocycles. The fraction of sp³-hybridized carbons (Fsp3) is 0.250. The second-order valence-electron chi connectivity index (χ2n) is 4.87. The lowest BCUT2D eigenvalue weighted by atomic mass is 10.0. The first-order valence-corrected chi connectivity index (χ1v) is 6.51. The largest absolute Gasteiger partial charge is 0.507 e. The van der Waals surface area contributed by atoms with Crippen molar-refractivity contribution in [2.24, 2.45) is 0 Å². The van der Waals surface area contributed by atoms with Crippen LogP contribution >= 0.6 is 0 Å². The van der Waals surface area contributed by atoms with E-state index < -0.39 is 0 Å². The first-order chi connectivity index (χ1) is 9.49. The molecule has 20 heavy (non-hydrogen) atoms. The number of hydrogen-bond donors (Lipinski definition) is 3. The van der Waals surface area contributed by atoms with Crippen molar-refractivity contribution in [3.63, 3.8) is 0 Å². The molecule has 4 heteroatoms. The predicted octanol–water partition coefficient (Wildman–Crippen LogP) is 3.65. The summed E-state index contributed by atoms with van der Waals surface area (Å²) in [6.45, 7) is 3.80. The topological polar surface area (TPSA) is 52.5 Å². The SMILES string of the molecule is CC(NC(C)c1c(O)cccc1O)c1ccc(F)cc1. The molecular formula is C16H18FNO2. The number of rotatable bonds is 4. The van der Waals surface area contributed by atoms with Gasteiger partial charge in [0.25, 0.3) is 0 Å². The quantitative estimate of drug-likeness (QED) is 0.798. The van der Waals surface area contributed by atoms with Crippen LogP contribution in [0, 0.1) is 5.82 Å². The lowest BCUT2D eigenvalue weighted by Gasteiger charge is -2.22. The lowest BCUT2D eigenvalue weighted by molar-refractivity contribution is 0.407. The van der Waals surface area contributed by atoms with Gasteiger partial charge >= 0.3 is 0 Å². The van der Waals surface area contributed by atoms with Gasteiger partial charge in [-0.2, -0.15) is 0 Å². The maximum absolute atomic E-state index is 12.9. The van der Waals surface area contributed by atoms with Gasteiger partial charge in [-0.3, -0.25) is 0 Å². The highest BCUT2D eigenvalue weighted by Gasteiger charge is 2.17. The van der Waals surface area contributed by atoms with Crippen molar-refractivity contribution in [2.45, 2.75) is 25.9 Å². The molecule has 2 rings (SSSR count). The van der Waals surface area contributed by atoms with E-state index >= 15 is 0 Å². The molecule has 2 unspecified atom stereocenters. The zero-order chi connectivity index (χ0) is 14.7. The van der Waals surface area contributed by atoms with E-state index in [1.165, 1.54) is 24.3 Å². The van der Waals surface area contributed by atoms with Crippen LogP contribution in [0.25, 0.3) is 0 Å². The molecule has 2 aromatic rings. The Morgan fingerprint density at radius 2 is 1.45 bits per heavy atom. The van der Waals surface area contributed by atoms with Gasteiger partial charge in [-0.05, 0) is 43.7 Å². The summed E-state index contributed by atoms with van der Waals surface area (Å²) in [5.74, 6) is -0.167. The van der Waals surface area contributed by atoms with E-state index in [9.17, 15) is 14.6 Å². The minimum Gasteiger partial charge on any atom is -0.507 e. The molecule has 0 amide bonds. The van der Waals surface area contributed by atoms with Crippen molar-refractivity contribution in [1.82, 2.24) is 5.32 Å². The van der Waals surface area contributed by atoms with Gasteiger partial charge in [0.15, 0.2) is 0 Å². The average Bonchev–Trinajstić information content (AvgIpc) is 2.39. The molecular weight excluding hydrogens is 257 g/mol. The first kappa shape index (κ1) is 14.3. The molecule has 0 saturated carbocycles. The molecule has 3 nitrogen and oxygen atoms in total. The second kappa shape index (κ2) is 5.92. The van der Waals surface area contributed by atoms with Crippen molar-refractivity contribution in [2.75, 3.05) is 0 Å². The maximum atomic E-state index is 12.9. The van der Waals surface area contributed by atoms with Crippen LogP contribution in [0.15, 0.2) is 42.5 Å². The minimum absolute atomic E-state index is 0.0374. The number of halogens is 1. The number of hydrogen-bond acceptors (Lipinski definition) is 3. The summed E-state index contributed by atoms with van der Waals surface area (Å²) in [6, 6.07) is 10.6. The Bertz CT molecular complexity index is 563. The first-order valence-electron chi connectivity index (χ1n) is 6.51. The molecule has 0 heterocycles. The van der Waals surface area contributed by atoms with E-state index in [4.69, 9.17) is 0 Å². The normalized spacial score (nSPS) is 13.9. The Morgan fingerprint density at radius 1 is 0.900 bits per heavy atom. The smallest absolute Gasteiger partial charge is 0.124 e. The standard InChI is InChI=1S/C16H18FNO2/c1-10(12-6-8-13(17)9-7-12)18-11(2)16-14(19)4-3-5-15(16)20/h3-11,18-20H,1-2H3. The third-order valence-electron chi connectivity index (χ3n) is 3.36. The molecule has 2 atom stereocenters. The molecule has 0 fully saturated rings. The highest BCUT2D eigenvalue weighted by Crippen LogP contribution is 2.33. The third-order valence-corrected chi connectivity index (χ3v) is 3.36. The van der Waals surface area contributed by atoms with Crippen molar-refractivity contribution in [1.29, 1.82) is 0 Å². The van der Waals surface area contributed by atoms with Gasteiger partial charge < -0.3 is 15.5 Å². The summed E-state index contributed by atoms with van der Waals surface area (Å²) < 4.78 is 12.9. The summed E-state index contributed by atoms with van der Waals surface area (Å²) >= 11 is 0. The van der Waals surface area contributed by atoms with Crippen LogP contribution in [0.1, 0.15) is 37.1 Å². The Hall–Kier alpha value is -2.07. The molecule has 2 aromatic carbocycles. The third kappa shape index (κ3) is 3.08. The van der Waals surface area contributed by atoms with E-state index in [-0.39, 0.29) is 29.4 Å². The summed E-state index contributed by atoms with van der Waals surface area (Å²) in [5, 5.41) is 22.9. The average molecular weight is 275 g/mol. The van der Waals surface area contributed by atoms with Crippen LogP contribution in [0.3, 0.4) is 0 Å². The van der Waals surface area contributed by atoms with E-state index in [0.717, 1.165) is 5.56 Å². The zero-order valence-corrected chi connectivity index (χ0v) is 11.5. The van der Waals surface area contributed by atoms with Gasteiger partial charge in [0.1, 0.15) is 17.3 Å². The van der Waals surface area contributed by atoms with E-state index in [1.54, 1.807) is 18.2 Å². The molecule has 0 saturated heterocycles. The summed E-state index contributed by atoms with van der Waals surface area (Å²) in [7, 11) is 0. The Morgan fingerprint density at radius 3 is 2.00 bits per heavy atom. The van der Waals surface area contributed by atoms with E-state index in [0.29, 0.717) is 5.56 Å². The molecule has 106 valence electrons. The molecule has 0 radical (unpaired) electrons. The Kier molecular flexibility index (Phi) is 4.25. The molecule has 0 aliphatic rings. The van der Waals surface area contributed by atoms with Crippen LogP contribution in [0.2, 0.25) is 0 Å². The monoisotopic (exact) mass is 275 g/mol. The van der Waals surface area contributed by atoms with Gasteiger partial charge in [0.05, 0.1) is 5.56 Å². The van der Waals surface area contributed by atoms with E-state index in [1.807, 2.05) is 13.8 Å². The molecule has 0 bridgehead atoms. The van der Waals surface area contributed by atoms with Crippen molar-refractivity contribution < 1.29 is 14.6 Å². The van der Waals surface area contributed by atoms with Crippen molar-refractivity contribution in [3.05, 3.63) is 59.4 Å². The van der Waals surface area contributed by atoms with Gasteiger partial charge in [0.2, 0.25) is 0 Å². The molecule has 0 spiro atoms. The summed E-state index contributed by atoms with van der Waals surface area (Å²) in [4.78, 5) is 0. The fourth-order valence-corrected chi connectivity index (χ4v) is 2.29. The number of phenols is 2. The van der Waals surface area contributed by atoms with Gasteiger partial charge in [-0.25, -0.2) is 4.39 Å². The number of nitrogens with one attached hydrogen (secondary N) is 1. The Labute approximate surface area is 117 Å². The van der Waals surface area contributed by atoms with Gasteiger partial charge in [0, 0.05) is 12.1 Å². The fourth-order valence-electron chi connectivity index (χ4n) is 2.29. The van der Waals surface area contributed by atoms with Gasteiger partial charge in [-0.1, -0.05) is 18.2 Å². The van der Waals surface area contributed by atoms with Crippen molar-refractivity contribution >= 4 is 0 Å². The molecule has 0 aromatic heterocycles. The van der Waals surface area contributed by atoms with Crippen LogP contribution in [0.5, 0.6) is 11.5 Å². The lowest BCUT2D eigenvalue weighted by Crippen LogP contribution is -2.22. The van der Waals surface area contributed by atoms with Crippen molar-refractivity contribution in [3.8, 4) is 11.5 Å². The maximum Gasteiger partial charge on any atom is 0.124 e. The second-order valence-corrected chi connectivity index (χ2v) is 4.87. The predicted molar refractivity (Wildman–Crippen MR) is 76.1 cm³/mol. The van der Waals surface area contributed by atoms with Crippen LogP contribution in [-0.4, -0.2) is 10.2 Å². The number of aromatic hydroxyl groups is 2. The summed E-state index contributed by atoms with van der Waals surface area (Å²) in [6.07, 6.45) is 0. The zero-order valence-electron chi connectivity index (χ0n) is 11.5. The van der Waals surface area contributed by atoms with Crippen LogP contribution in [-0.2, 0) is 0 Å². The Balaban J connectivity index is 2.15. The van der Waals surface area contributed by atoms with Crippen LogP contribution in [0.4, 0.5) is 4.39 Å². The highest BCUT2D eigenvalue weighted by molar-refractivity contribution is 5.45. The molecule has 0 aliphatic heterocycles. The number of benzene rings is 2. The molecule has 3 N–H and O–H groups in total. The minimum atomic E-state index is -0.271. The summed E-state index contributed by atoms with van der Waals surface area (Å²) in [5.41, 5.74) is 1.40. The highest BCUT2D eigenvalue weighted by atomic mass is 19.1.